The standard InChI is InChI=1S/C25H32ClN5O6/c1-3-15-22(34)30-18(13-32)23(35)29-17(14-8-6-5-7-9-14)12-21(33)27-16(4-2)25(37)31-19(24(36)28-15)10-11-20(31)26/h5-9,11,15-19,32H,3-4,10,12-13H2,1-2H3,(H,27,33)(H,28,36)(H,29,35)(H,30,34). The van der Waals surface area contributed by atoms with Gasteiger partial charge in [0.25, 0.3) is 5.91 Å². The lowest BCUT2D eigenvalue weighted by Crippen LogP contribution is -2.58. The van der Waals surface area contributed by atoms with Gasteiger partial charge in [0.2, 0.25) is 23.6 Å². The van der Waals surface area contributed by atoms with Crippen LogP contribution in [-0.4, -0.2) is 70.3 Å². The summed E-state index contributed by atoms with van der Waals surface area (Å²) in [6.07, 6.45) is 1.88. The first kappa shape index (κ1) is 28.1. The maximum absolute atomic E-state index is 13.4. The predicted molar refractivity (Wildman–Crippen MR) is 135 cm³/mol. The van der Waals surface area contributed by atoms with Crippen LogP contribution >= 0.6 is 11.6 Å². The highest BCUT2D eigenvalue weighted by Gasteiger charge is 2.40. The molecule has 5 unspecified atom stereocenters. The number of rotatable bonds is 4. The molecule has 1 aromatic carbocycles. The minimum Gasteiger partial charge on any atom is -0.394 e. The van der Waals surface area contributed by atoms with E-state index in [2.05, 4.69) is 21.3 Å². The molecule has 0 spiro atoms. The molecule has 0 aromatic heterocycles. The first-order valence-corrected chi connectivity index (χ1v) is 12.6. The quantitative estimate of drug-likeness (QED) is 0.348. The second-order valence-corrected chi connectivity index (χ2v) is 9.29. The number of nitrogens with one attached hydrogen (secondary N) is 4. The van der Waals surface area contributed by atoms with Crippen molar-refractivity contribution in [3.8, 4) is 0 Å². The van der Waals surface area contributed by atoms with Gasteiger partial charge in [-0.15, -0.1) is 0 Å². The van der Waals surface area contributed by atoms with Crippen molar-refractivity contribution in [3.63, 3.8) is 0 Å². The van der Waals surface area contributed by atoms with Crippen molar-refractivity contribution in [2.24, 2.45) is 0 Å². The number of carbonyl (C=O) groups is 5. The largest absolute Gasteiger partial charge is 0.394 e. The van der Waals surface area contributed by atoms with E-state index in [1.54, 1.807) is 44.2 Å². The number of hydrogen-bond donors (Lipinski definition) is 5. The van der Waals surface area contributed by atoms with Gasteiger partial charge in [-0.25, -0.2) is 0 Å². The molecule has 2 aliphatic heterocycles. The average molecular weight is 534 g/mol. The highest BCUT2D eigenvalue weighted by molar-refractivity contribution is 6.31. The fourth-order valence-corrected chi connectivity index (χ4v) is 4.58. The summed E-state index contributed by atoms with van der Waals surface area (Å²) in [7, 11) is 0. The minimum absolute atomic E-state index is 0.0613. The first-order chi connectivity index (χ1) is 17.7. The lowest BCUT2D eigenvalue weighted by Gasteiger charge is -2.31. The van der Waals surface area contributed by atoms with Crippen molar-refractivity contribution in [2.45, 2.75) is 69.7 Å². The maximum Gasteiger partial charge on any atom is 0.250 e. The summed E-state index contributed by atoms with van der Waals surface area (Å²) >= 11 is 6.28. The SMILES string of the molecule is CCC1NC(=O)C2CC=C(Cl)N2C(=O)C(CC)NC(=O)CC(c2ccccc2)NC(=O)C(CO)NC1=O. The van der Waals surface area contributed by atoms with Crippen LogP contribution in [0.4, 0.5) is 0 Å². The lowest BCUT2D eigenvalue weighted by atomic mass is 10.0. The normalized spacial score (nSPS) is 28.0. The minimum atomic E-state index is -1.32. The highest BCUT2D eigenvalue weighted by atomic mass is 35.5. The van der Waals surface area contributed by atoms with Crippen LogP contribution in [-0.2, 0) is 24.0 Å². The zero-order chi connectivity index (χ0) is 27.1. The molecular formula is C25H32ClN5O6. The third-order valence-electron chi connectivity index (χ3n) is 6.40. The van der Waals surface area contributed by atoms with Crippen LogP contribution < -0.4 is 21.3 Å². The Morgan fingerprint density at radius 2 is 1.49 bits per heavy atom. The number of carbonyl (C=O) groups excluding carboxylic acids is 5. The summed E-state index contributed by atoms with van der Waals surface area (Å²) in [5.74, 6) is -3.05. The van der Waals surface area contributed by atoms with Gasteiger partial charge >= 0.3 is 0 Å². The molecule has 0 saturated carbocycles. The third kappa shape index (κ3) is 6.66. The van der Waals surface area contributed by atoms with Gasteiger partial charge in [-0.05, 0) is 30.9 Å². The Morgan fingerprint density at radius 1 is 0.865 bits per heavy atom. The molecule has 11 nitrogen and oxygen atoms in total. The molecule has 0 aliphatic carbocycles. The molecule has 5 atom stereocenters. The van der Waals surface area contributed by atoms with Crippen molar-refractivity contribution >= 4 is 41.1 Å². The molecule has 2 aliphatic rings. The summed E-state index contributed by atoms with van der Waals surface area (Å²) in [6, 6.07) is 3.62. The Bertz CT molecular complexity index is 1060. The Labute approximate surface area is 220 Å². The van der Waals surface area contributed by atoms with Gasteiger partial charge in [0.15, 0.2) is 0 Å². The number of nitrogens with zero attached hydrogens (tertiary/aromatic N) is 1. The molecule has 3 rings (SSSR count). The van der Waals surface area contributed by atoms with Gasteiger partial charge in [0.1, 0.15) is 29.3 Å². The number of amides is 5. The number of halogens is 1. The molecule has 5 amide bonds. The van der Waals surface area contributed by atoms with E-state index in [-0.39, 0.29) is 30.8 Å². The molecule has 0 radical (unpaired) electrons. The molecule has 5 N–H and O–H groups in total. The Morgan fingerprint density at radius 3 is 2.11 bits per heavy atom. The summed E-state index contributed by atoms with van der Waals surface area (Å²) in [6.45, 7) is 2.69. The number of benzene rings is 1. The lowest BCUT2D eigenvalue weighted by molar-refractivity contribution is -0.141. The predicted octanol–water partition coefficient (Wildman–Crippen LogP) is 0.195. The highest BCUT2D eigenvalue weighted by Crippen LogP contribution is 2.27. The molecule has 0 bridgehead atoms. The smallest absolute Gasteiger partial charge is 0.250 e. The van der Waals surface area contributed by atoms with Crippen LogP contribution in [0.15, 0.2) is 41.6 Å². The van der Waals surface area contributed by atoms with Gasteiger partial charge in [-0.1, -0.05) is 55.8 Å². The van der Waals surface area contributed by atoms with Gasteiger partial charge < -0.3 is 26.4 Å². The van der Waals surface area contributed by atoms with Crippen LogP contribution in [0.2, 0.25) is 0 Å². The third-order valence-corrected chi connectivity index (χ3v) is 6.73. The summed E-state index contributed by atoms with van der Waals surface area (Å²) in [5.41, 5.74) is 0.624. The van der Waals surface area contributed by atoms with Crippen LogP contribution in [0.3, 0.4) is 0 Å². The molecule has 1 aromatic rings. The number of aliphatic hydroxyl groups excluding tert-OH is 1. The van der Waals surface area contributed by atoms with Gasteiger partial charge in [-0.3, -0.25) is 28.9 Å². The zero-order valence-corrected chi connectivity index (χ0v) is 21.5. The van der Waals surface area contributed by atoms with E-state index in [0.717, 1.165) is 4.90 Å². The van der Waals surface area contributed by atoms with E-state index in [1.165, 1.54) is 6.08 Å². The summed E-state index contributed by atoms with van der Waals surface area (Å²) < 4.78 is 0. The molecular weight excluding hydrogens is 502 g/mol. The van der Waals surface area contributed by atoms with E-state index < -0.39 is 66.4 Å². The zero-order valence-electron chi connectivity index (χ0n) is 20.7. The summed E-state index contributed by atoms with van der Waals surface area (Å²) in [5, 5.41) is 20.4. The van der Waals surface area contributed by atoms with Crippen molar-refractivity contribution in [2.75, 3.05) is 6.61 Å². The van der Waals surface area contributed by atoms with E-state index >= 15 is 0 Å². The van der Waals surface area contributed by atoms with E-state index in [9.17, 15) is 29.1 Å². The molecule has 37 heavy (non-hydrogen) atoms. The molecule has 2 heterocycles. The fraction of sp³-hybridized carbons (Fsp3) is 0.480. The van der Waals surface area contributed by atoms with Crippen LogP contribution in [0.5, 0.6) is 0 Å². The fourth-order valence-electron chi connectivity index (χ4n) is 4.29. The number of aliphatic hydroxyl groups is 1. The first-order valence-electron chi connectivity index (χ1n) is 12.2. The topological polar surface area (TPSA) is 157 Å². The second-order valence-electron chi connectivity index (χ2n) is 8.90. The Kier molecular flexibility index (Phi) is 9.65. The second kappa shape index (κ2) is 12.7. The molecule has 200 valence electrons. The van der Waals surface area contributed by atoms with Crippen LogP contribution in [0.1, 0.15) is 51.1 Å². The molecule has 1 fully saturated rings. The van der Waals surface area contributed by atoms with Gasteiger partial charge in [0.05, 0.1) is 19.1 Å². The van der Waals surface area contributed by atoms with Crippen molar-refractivity contribution in [1.82, 2.24) is 26.2 Å². The van der Waals surface area contributed by atoms with Crippen molar-refractivity contribution in [3.05, 3.63) is 47.1 Å². The van der Waals surface area contributed by atoms with Crippen molar-refractivity contribution < 1.29 is 29.1 Å². The van der Waals surface area contributed by atoms with E-state index in [1.807, 2.05) is 0 Å². The van der Waals surface area contributed by atoms with Crippen LogP contribution in [0.25, 0.3) is 0 Å². The number of fused-ring (bicyclic) bond motifs is 1. The van der Waals surface area contributed by atoms with Gasteiger partial charge in [-0.2, -0.15) is 0 Å². The van der Waals surface area contributed by atoms with E-state index in [0.29, 0.717) is 5.56 Å². The number of hydrogen-bond acceptors (Lipinski definition) is 6. The Hall–Kier alpha value is -3.44. The maximum atomic E-state index is 13.4. The summed E-state index contributed by atoms with van der Waals surface area (Å²) in [4.78, 5) is 66.5. The van der Waals surface area contributed by atoms with Crippen LogP contribution in [0, 0.1) is 0 Å². The monoisotopic (exact) mass is 533 g/mol. The Balaban J connectivity index is 1.98. The van der Waals surface area contributed by atoms with Gasteiger partial charge in [0, 0.05) is 0 Å². The van der Waals surface area contributed by atoms with E-state index in [4.69, 9.17) is 11.6 Å². The average Bonchev–Trinajstić information content (AvgIpc) is 3.29. The molecule has 1 saturated heterocycles. The van der Waals surface area contributed by atoms with Crippen molar-refractivity contribution in [1.29, 1.82) is 0 Å². The molecule has 12 heteroatoms.